The number of aryl methyl sites for hydroxylation is 1. The van der Waals surface area contributed by atoms with E-state index in [1.165, 1.54) is 12.3 Å². The van der Waals surface area contributed by atoms with Gasteiger partial charge < -0.3 is 21.7 Å². The third-order valence-corrected chi connectivity index (χ3v) is 4.60. The minimum atomic E-state index is -0.651. The Morgan fingerprint density at radius 2 is 2.07 bits per heavy atom. The summed E-state index contributed by atoms with van der Waals surface area (Å²) >= 11 is 0. The predicted molar refractivity (Wildman–Crippen MR) is 108 cm³/mol. The number of carbonyl (C=O) groups is 2. The Morgan fingerprint density at radius 1 is 1.29 bits per heavy atom. The zero-order valence-electron chi connectivity index (χ0n) is 15.7. The molecule has 0 aliphatic heterocycles. The summed E-state index contributed by atoms with van der Waals surface area (Å²) in [6.45, 7) is 5.45. The fraction of sp³-hybridized carbons (Fsp3) is 0.300. The quantitative estimate of drug-likeness (QED) is 0.547. The van der Waals surface area contributed by atoms with Crippen molar-refractivity contribution in [1.29, 1.82) is 0 Å². The number of rotatable bonds is 7. The molecule has 1 saturated carbocycles. The lowest BCUT2D eigenvalue weighted by Gasteiger charge is -2.16. The molecule has 1 aliphatic rings. The van der Waals surface area contributed by atoms with E-state index in [9.17, 15) is 9.59 Å². The van der Waals surface area contributed by atoms with Gasteiger partial charge in [0.05, 0.1) is 6.20 Å². The van der Waals surface area contributed by atoms with Crippen molar-refractivity contribution in [3.8, 4) is 0 Å². The second kappa shape index (κ2) is 8.51. The molecular formula is C20H24N6O2. The molecule has 0 spiro atoms. The SMILES string of the molecule is C=CC(=O)NC1CC[C@@H](Nc2cnc(C(N)=O)c(Nc3cccc(C)c3)n2)C1. The summed E-state index contributed by atoms with van der Waals surface area (Å²) in [5.41, 5.74) is 7.39. The Morgan fingerprint density at radius 3 is 2.79 bits per heavy atom. The first-order valence-corrected chi connectivity index (χ1v) is 9.14. The second-order valence-electron chi connectivity index (χ2n) is 6.88. The normalized spacial score (nSPS) is 18.3. The standard InChI is InChI=1S/C20H24N6O2/c1-3-17(27)24-15-8-7-14(10-15)23-16-11-22-18(19(21)28)20(26-16)25-13-6-4-5-12(2)9-13/h3-6,9,11,14-15H,1,7-8,10H2,2H3,(H2,21,28)(H,24,27)(H2,23,25,26)/t14-,15?/m1/s1. The van der Waals surface area contributed by atoms with E-state index < -0.39 is 5.91 Å². The van der Waals surface area contributed by atoms with Crippen LogP contribution in [0.25, 0.3) is 0 Å². The Hall–Kier alpha value is -3.42. The van der Waals surface area contributed by atoms with Crippen molar-refractivity contribution in [3.05, 3.63) is 54.4 Å². The van der Waals surface area contributed by atoms with Gasteiger partial charge in [-0.15, -0.1) is 0 Å². The van der Waals surface area contributed by atoms with Gasteiger partial charge >= 0.3 is 0 Å². The van der Waals surface area contributed by atoms with Gasteiger partial charge in [-0.2, -0.15) is 0 Å². The van der Waals surface area contributed by atoms with Gasteiger partial charge in [-0.3, -0.25) is 9.59 Å². The summed E-state index contributed by atoms with van der Waals surface area (Å²) in [6, 6.07) is 7.96. The Labute approximate surface area is 163 Å². The molecule has 1 fully saturated rings. The summed E-state index contributed by atoms with van der Waals surface area (Å²) < 4.78 is 0. The average molecular weight is 380 g/mol. The van der Waals surface area contributed by atoms with Gasteiger partial charge in [0.1, 0.15) is 5.82 Å². The smallest absolute Gasteiger partial charge is 0.271 e. The van der Waals surface area contributed by atoms with E-state index in [1.807, 2.05) is 31.2 Å². The monoisotopic (exact) mass is 380 g/mol. The Balaban J connectivity index is 1.73. The highest BCUT2D eigenvalue weighted by Crippen LogP contribution is 2.24. The highest BCUT2D eigenvalue weighted by molar-refractivity contribution is 5.96. The molecule has 2 aromatic rings. The molecule has 0 saturated heterocycles. The van der Waals surface area contributed by atoms with Crippen LogP contribution in [0.15, 0.2) is 43.1 Å². The lowest BCUT2D eigenvalue weighted by atomic mass is 10.2. The van der Waals surface area contributed by atoms with Gasteiger partial charge in [-0.25, -0.2) is 9.97 Å². The first-order chi connectivity index (χ1) is 13.4. The lowest BCUT2D eigenvalue weighted by Crippen LogP contribution is -2.32. The van der Waals surface area contributed by atoms with Crippen molar-refractivity contribution in [1.82, 2.24) is 15.3 Å². The average Bonchev–Trinajstić information content (AvgIpc) is 3.08. The molecule has 1 aliphatic carbocycles. The first-order valence-electron chi connectivity index (χ1n) is 9.14. The highest BCUT2D eigenvalue weighted by Gasteiger charge is 2.26. The summed E-state index contributed by atoms with van der Waals surface area (Å²) in [7, 11) is 0. The zero-order chi connectivity index (χ0) is 20.1. The molecule has 2 atom stereocenters. The molecule has 1 aromatic carbocycles. The number of amides is 2. The molecule has 0 radical (unpaired) electrons. The van der Waals surface area contributed by atoms with Crippen molar-refractivity contribution >= 4 is 29.1 Å². The number of nitrogens with two attached hydrogens (primary N) is 1. The molecule has 1 aromatic heterocycles. The molecule has 8 nitrogen and oxygen atoms in total. The van der Waals surface area contributed by atoms with E-state index in [-0.39, 0.29) is 23.7 Å². The second-order valence-corrected chi connectivity index (χ2v) is 6.88. The van der Waals surface area contributed by atoms with Crippen LogP contribution in [-0.2, 0) is 4.79 Å². The highest BCUT2D eigenvalue weighted by atomic mass is 16.2. The number of nitrogens with one attached hydrogen (secondary N) is 3. The van der Waals surface area contributed by atoms with Crippen LogP contribution in [0, 0.1) is 6.92 Å². The molecule has 28 heavy (non-hydrogen) atoms. The minimum absolute atomic E-state index is 0.0783. The molecule has 2 amide bonds. The van der Waals surface area contributed by atoms with Crippen LogP contribution in [0.5, 0.6) is 0 Å². The number of hydrogen-bond donors (Lipinski definition) is 4. The minimum Gasteiger partial charge on any atom is -0.366 e. The van der Waals surface area contributed by atoms with Crippen LogP contribution in [0.2, 0.25) is 0 Å². The number of benzene rings is 1. The van der Waals surface area contributed by atoms with E-state index in [2.05, 4.69) is 32.5 Å². The Kier molecular flexibility index (Phi) is 5.88. The molecule has 0 bridgehead atoms. The van der Waals surface area contributed by atoms with Crippen LogP contribution in [0.1, 0.15) is 35.3 Å². The van der Waals surface area contributed by atoms with Crippen LogP contribution in [-0.4, -0.2) is 33.9 Å². The van der Waals surface area contributed by atoms with Gasteiger partial charge in [0.15, 0.2) is 11.5 Å². The Bertz CT molecular complexity index is 898. The van der Waals surface area contributed by atoms with E-state index in [4.69, 9.17) is 5.73 Å². The van der Waals surface area contributed by atoms with E-state index >= 15 is 0 Å². The number of aromatic nitrogens is 2. The van der Waals surface area contributed by atoms with Crippen molar-refractivity contribution in [3.63, 3.8) is 0 Å². The fourth-order valence-corrected chi connectivity index (χ4v) is 3.30. The van der Waals surface area contributed by atoms with Crippen molar-refractivity contribution in [2.45, 2.75) is 38.3 Å². The molecule has 1 unspecified atom stereocenters. The number of primary amides is 1. The van der Waals surface area contributed by atoms with Crippen LogP contribution in [0.3, 0.4) is 0 Å². The summed E-state index contributed by atoms with van der Waals surface area (Å²) in [5, 5.41) is 9.35. The van der Waals surface area contributed by atoms with E-state index in [0.29, 0.717) is 11.6 Å². The summed E-state index contributed by atoms with van der Waals surface area (Å²) in [6.07, 6.45) is 5.31. The largest absolute Gasteiger partial charge is 0.366 e. The maximum Gasteiger partial charge on any atom is 0.271 e. The maximum absolute atomic E-state index is 11.7. The predicted octanol–water partition coefficient (Wildman–Crippen LogP) is 2.26. The molecule has 146 valence electrons. The van der Waals surface area contributed by atoms with Gasteiger partial charge in [-0.1, -0.05) is 18.7 Å². The first kappa shape index (κ1) is 19.3. The molecule has 5 N–H and O–H groups in total. The van der Waals surface area contributed by atoms with Crippen LogP contribution >= 0.6 is 0 Å². The van der Waals surface area contributed by atoms with Gasteiger partial charge in [-0.05, 0) is 50.0 Å². The molecular weight excluding hydrogens is 356 g/mol. The number of hydrogen-bond acceptors (Lipinski definition) is 6. The third-order valence-electron chi connectivity index (χ3n) is 4.60. The molecule has 3 rings (SSSR count). The topological polar surface area (TPSA) is 122 Å². The summed E-state index contributed by atoms with van der Waals surface area (Å²) in [5.74, 6) is 0.0293. The number of anilines is 3. The van der Waals surface area contributed by atoms with Crippen molar-refractivity contribution in [2.75, 3.05) is 10.6 Å². The van der Waals surface area contributed by atoms with Crippen LogP contribution in [0.4, 0.5) is 17.3 Å². The van der Waals surface area contributed by atoms with E-state index in [1.54, 1.807) is 0 Å². The molecule has 8 heteroatoms. The lowest BCUT2D eigenvalue weighted by molar-refractivity contribution is -0.117. The zero-order valence-corrected chi connectivity index (χ0v) is 15.7. The van der Waals surface area contributed by atoms with Crippen molar-refractivity contribution in [2.24, 2.45) is 5.73 Å². The molecule has 1 heterocycles. The van der Waals surface area contributed by atoms with Gasteiger partial charge in [0.25, 0.3) is 5.91 Å². The fourth-order valence-electron chi connectivity index (χ4n) is 3.30. The van der Waals surface area contributed by atoms with Crippen LogP contribution < -0.4 is 21.7 Å². The third kappa shape index (κ3) is 4.85. The van der Waals surface area contributed by atoms with Gasteiger partial charge in [0, 0.05) is 17.8 Å². The van der Waals surface area contributed by atoms with Gasteiger partial charge in [0.2, 0.25) is 5.91 Å². The number of nitrogens with zero attached hydrogens (tertiary/aromatic N) is 2. The van der Waals surface area contributed by atoms with E-state index in [0.717, 1.165) is 30.5 Å². The van der Waals surface area contributed by atoms with Crippen molar-refractivity contribution < 1.29 is 9.59 Å². The summed E-state index contributed by atoms with van der Waals surface area (Å²) in [4.78, 5) is 31.8. The maximum atomic E-state index is 11.7. The number of carbonyl (C=O) groups excluding carboxylic acids is 2.